The lowest BCUT2D eigenvalue weighted by Crippen LogP contribution is -2.54. The van der Waals surface area contributed by atoms with Crippen molar-refractivity contribution in [3.05, 3.63) is 0 Å². The summed E-state index contributed by atoms with van der Waals surface area (Å²) in [6, 6.07) is 0. The largest absolute Gasteiger partial charge is 0.465 e. The molecule has 4 nitrogen and oxygen atoms in total. The van der Waals surface area contributed by atoms with Crippen LogP contribution in [-0.4, -0.2) is 37.9 Å². The predicted octanol–water partition coefficient (Wildman–Crippen LogP) is 0.954. The molecule has 0 amide bonds. The fourth-order valence-corrected chi connectivity index (χ4v) is 1.17. The molecule has 0 aromatic rings. The minimum atomic E-state index is -0.721. The van der Waals surface area contributed by atoms with Gasteiger partial charge in [0.2, 0.25) is 0 Å². The van der Waals surface area contributed by atoms with Crippen LogP contribution in [0.5, 0.6) is 0 Å². The fraction of sp³-hybridized carbons (Fsp3) is 0.900. The highest BCUT2D eigenvalue weighted by atomic mass is 16.5. The van der Waals surface area contributed by atoms with Crippen LogP contribution in [0.2, 0.25) is 0 Å². The average molecular weight is 203 g/mol. The Morgan fingerprint density at radius 1 is 1.29 bits per heavy atom. The summed E-state index contributed by atoms with van der Waals surface area (Å²) in [6.07, 6.45) is 0. The second-order valence-corrected chi connectivity index (χ2v) is 3.22. The molecular formula is C10H21NO3. The van der Waals surface area contributed by atoms with Crippen LogP contribution in [0.15, 0.2) is 0 Å². The molecule has 14 heavy (non-hydrogen) atoms. The smallest absolute Gasteiger partial charge is 0.328 e. The molecule has 0 aliphatic heterocycles. The van der Waals surface area contributed by atoms with Crippen molar-refractivity contribution in [3.8, 4) is 0 Å². The summed E-state index contributed by atoms with van der Waals surface area (Å²) >= 11 is 0. The maximum Gasteiger partial charge on any atom is 0.328 e. The van der Waals surface area contributed by atoms with E-state index >= 15 is 0 Å². The van der Waals surface area contributed by atoms with Crippen molar-refractivity contribution in [2.75, 3.05) is 26.4 Å². The van der Waals surface area contributed by atoms with Gasteiger partial charge >= 0.3 is 5.97 Å². The molecule has 84 valence electrons. The molecule has 0 aromatic heterocycles. The van der Waals surface area contributed by atoms with Crippen molar-refractivity contribution >= 4 is 5.97 Å². The third-order valence-corrected chi connectivity index (χ3v) is 1.89. The molecule has 0 fully saturated rings. The van der Waals surface area contributed by atoms with Crippen LogP contribution >= 0.6 is 0 Å². The van der Waals surface area contributed by atoms with E-state index in [1.165, 1.54) is 0 Å². The highest BCUT2D eigenvalue weighted by molar-refractivity contribution is 5.80. The van der Waals surface area contributed by atoms with Crippen molar-refractivity contribution in [1.82, 2.24) is 5.32 Å². The first-order valence-corrected chi connectivity index (χ1v) is 5.10. The van der Waals surface area contributed by atoms with Gasteiger partial charge in [-0.05, 0) is 27.3 Å². The third-order valence-electron chi connectivity index (χ3n) is 1.89. The van der Waals surface area contributed by atoms with Gasteiger partial charge < -0.3 is 14.8 Å². The highest BCUT2D eigenvalue weighted by Gasteiger charge is 2.33. The number of hydrogen-bond acceptors (Lipinski definition) is 4. The monoisotopic (exact) mass is 203 g/mol. The van der Waals surface area contributed by atoms with Crippen molar-refractivity contribution in [2.45, 2.75) is 33.2 Å². The van der Waals surface area contributed by atoms with Gasteiger partial charge in [-0.2, -0.15) is 0 Å². The number of ether oxygens (including phenoxy) is 2. The molecule has 0 rings (SSSR count). The Bertz CT molecular complexity index is 173. The Hall–Kier alpha value is -0.610. The number of likely N-dealkylation sites (N-methyl/N-ethyl adjacent to an activating group) is 1. The van der Waals surface area contributed by atoms with Crippen molar-refractivity contribution in [2.24, 2.45) is 0 Å². The molecule has 1 N–H and O–H groups in total. The maximum atomic E-state index is 11.6. The second kappa shape index (κ2) is 6.79. The van der Waals surface area contributed by atoms with E-state index in [0.29, 0.717) is 26.4 Å². The highest BCUT2D eigenvalue weighted by Crippen LogP contribution is 2.07. The van der Waals surface area contributed by atoms with E-state index in [1.807, 2.05) is 13.8 Å². The number of carbonyl (C=O) groups is 1. The Balaban J connectivity index is 4.28. The topological polar surface area (TPSA) is 47.6 Å². The van der Waals surface area contributed by atoms with Gasteiger partial charge in [0.25, 0.3) is 0 Å². The normalized spacial score (nSPS) is 14.9. The van der Waals surface area contributed by atoms with Gasteiger partial charge in [-0.3, -0.25) is 0 Å². The van der Waals surface area contributed by atoms with E-state index in [-0.39, 0.29) is 5.97 Å². The maximum absolute atomic E-state index is 11.6. The molecule has 0 saturated carbocycles. The van der Waals surface area contributed by atoms with E-state index in [0.717, 1.165) is 0 Å². The lowest BCUT2D eigenvalue weighted by Gasteiger charge is -2.27. The number of carbonyl (C=O) groups excluding carboxylic acids is 1. The van der Waals surface area contributed by atoms with Crippen molar-refractivity contribution in [3.63, 3.8) is 0 Å². The summed E-state index contributed by atoms with van der Waals surface area (Å²) in [5.41, 5.74) is -0.721. The van der Waals surface area contributed by atoms with Crippen molar-refractivity contribution < 1.29 is 14.3 Å². The SMILES string of the molecule is CCNC(C)(COCC)C(=O)OCC. The summed E-state index contributed by atoms with van der Waals surface area (Å²) in [5, 5.41) is 3.08. The first-order valence-electron chi connectivity index (χ1n) is 5.10. The number of nitrogens with one attached hydrogen (secondary N) is 1. The Kier molecular flexibility index (Phi) is 6.49. The minimum absolute atomic E-state index is 0.254. The van der Waals surface area contributed by atoms with E-state index in [2.05, 4.69) is 5.32 Å². The molecule has 0 saturated heterocycles. The first-order chi connectivity index (χ1) is 6.60. The van der Waals surface area contributed by atoms with Crippen LogP contribution in [0.3, 0.4) is 0 Å². The number of hydrogen-bond donors (Lipinski definition) is 1. The number of esters is 1. The molecule has 0 aliphatic carbocycles. The predicted molar refractivity (Wildman–Crippen MR) is 55.2 cm³/mol. The zero-order chi connectivity index (χ0) is 11.0. The minimum Gasteiger partial charge on any atom is -0.465 e. The molecule has 0 aliphatic rings. The second-order valence-electron chi connectivity index (χ2n) is 3.22. The molecule has 4 heteroatoms. The third kappa shape index (κ3) is 4.07. The summed E-state index contributed by atoms with van der Waals surface area (Å²) < 4.78 is 10.2. The van der Waals surface area contributed by atoms with Crippen LogP contribution in [-0.2, 0) is 14.3 Å². The molecule has 0 radical (unpaired) electrons. The van der Waals surface area contributed by atoms with Gasteiger partial charge in [-0.1, -0.05) is 6.92 Å². The zero-order valence-electron chi connectivity index (χ0n) is 9.55. The standard InChI is InChI=1S/C10H21NO3/c1-5-11-10(4,8-13-6-2)9(12)14-7-3/h11H,5-8H2,1-4H3. The molecule has 0 heterocycles. The Morgan fingerprint density at radius 3 is 2.36 bits per heavy atom. The van der Waals surface area contributed by atoms with Crippen molar-refractivity contribution in [1.29, 1.82) is 0 Å². The summed E-state index contributed by atoms with van der Waals surface area (Å²) in [6.45, 7) is 9.49. The van der Waals surface area contributed by atoms with Gasteiger partial charge in [0.05, 0.1) is 13.2 Å². The summed E-state index contributed by atoms with van der Waals surface area (Å²) in [7, 11) is 0. The average Bonchev–Trinajstić information content (AvgIpc) is 2.15. The van der Waals surface area contributed by atoms with Crippen LogP contribution in [0.1, 0.15) is 27.7 Å². The van der Waals surface area contributed by atoms with Gasteiger partial charge in [0, 0.05) is 6.61 Å². The van der Waals surface area contributed by atoms with Gasteiger partial charge in [0.15, 0.2) is 0 Å². The Labute approximate surface area is 86.0 Å². The summed E-state index contributed by atoms with van der Waals surface area (Å²) in [5.74, 6) is -0.254. The Morgan fingerprint density at radius 2 is 1.93 bits per heavy atom. The summed E-state index contributed by atoms with van der Waals surface area (Å²) in [4.78, 5) is 11.6. The molecule has 1 unspecified atom stereocenters. The molecule has 0 aromatic carbocycles. The van der Waals surface area contributed by atoms with Crippen LogP contribution in [0.4, 0.5) is 0 Å². The van der Waals surface area contributed by atoms with Crippen LogP contribution < -0.4 is 5.32 Å². The van der Waals surface area contributed by atoms with E-state index in [4.69, 9.17) is 9.47 Å². The van der Waals surface area contributed by atoms with Crippen LogP contribution in [0.25, 0.3) is 0 Å². The lowest BCUT2D eigenvalue weighted by molar-refractivity contribution is -0.153. The molecule has 1 atom stereocenters. The number of rotatable bonds is 7. The fourth-order valence-electron chi connectivity index (χ4n) is 1.17. The lowest BCUT2D eigenvalue weighted by atomic mass is 10.0. The van der Waals surface area contributed by atoms with E-state index in [1.54, 1.807) is 13.8 Å². The molecule has 0 bridgehead atoms. The zero-order valence-corrected chi connectivity index (χ0v) is 9.55. The van der Waals surface area contributed by atoms with E-state index < -0.39 is 5.54 Å². The van der Waals surface area contributed by atoms with Crippen LogP contribution in [0, 0.1) is 0 Å². The molecule has 0 spiro atoms. The molecular weight excluding hydrogens is 182 g/mol. The van der Waals surface area contributed by atoms with E-state index in [9.17, 15) is 4.79 Å². The van der Waals surface area contributed by atoms with Gasteiger partial charge in [-0.15, -0.1) is 0 Å². The first kappa shape index (κ1) is 13.4. The van der Waals surface area contributed by atoms with Gasteiger partial charge in [-0.25, -0.2) is 4.79 Å². The quantitative estimate of drug-likeness (QED) is 0.626. The van der Waals surface area contributed by atoms with Gasteiger partial charge in [0.1, 0.15) is 5.54 Å².